The minimum Gasteiger partial charge on any atom is -0.493 e. The van der Waals surface area contributed by atoms with Gasteiger partial charge in [-0.1, -0.05) is 24.3 Å². The number of amides is 2. The molecular weight excluding hydrogens is 368 g/mol. The number of carbonyl (C=O) groups is 2. The average molecular weight is 399 g/mol. The highest BCUT2D eigenvalue weighted by Crippen LogP contribution is 2.38. The van der Waals surface area contributed by atoms with Crippen LogP contribution < -0.4 is 9.47 Å². The van der Waals surface area contributed by atoms with Gasteiger partial charge >= 0.3 is 6.09 Å². The molecule has 2 amide bonds. The molecule has 0 aliphatic carbocycles. The third-order valence-corrected chi connectivity index (χ3v) is 4.88. The van der Waals surface area contributed by atoms with Crippen LogP contribution in [0.25, 0.3) is 11.1 Å². The smallest absolute Gasteiger partial charge is 0.415 e. The second-order valence-electron chi connectivity index (χ2n) is 6.44. The molecule has 0 saturated carbocycles. The number of hydrogen-bond acceptors (Lipinski definition) is 4. The molecule has 2 aromatic carbocycles. The summed E-state index contributed by atoms with van der Waals surface area (Å²) in [6.07, 6.45) is -0.434. The lowest BCUT2D eigenvalue weighted by molar-refractivity contribution is 0.0773. The third-order valence-electron chi connectivity index (χ3n) is 4.88. The van der Waals surface area contributed by atoms with Crippen molar-refractivity contribution in [3.05, 3.63) is 48.0 Å². The van der Waals surface area contributed by atoms with E-state index in [-0.39, 0.29) is 5.91 Å². The van der Waals surface area contributed by atoms with Crippen molar-refractivity contribution in [3.63, 3.8) is 0 Å². The SMILES string of the molecule is CCN(CC)C(=O)Oc1c(OC)cccc1-c1cccc(C(=O)N(CC)CC)c1. The fourth-order valence-corrected chi connectivity index (χ4v) is 3.16. The number of carbonyl (C=O) groups excluding carboxylic acids is 2. The highest BCUT2D eigenvalue weighted by Gasteiger charge is 2.20. The summed E-state index contributed by atoms with van der Waals surface area (Å²) in [7, 11) is 1.54. The van der Waals surface area contributed by atoms with Crippen molar-refractivity contribution < 1.29 is 19.1 Å². The van der Waals surface area contributed by atoms with E-state index in [1.807, 2.05) is 58.0 Å². The van der Waals surface area contributed by atoms with E-state index in [0.29, 0.717) is 48.8 Å². The third kappa shape index (κ3) is 5.08. The van der Waals surface area contributed by atoms with Gasteiger partial charge in [0.05, 0.1) is 7.11 Å². The van der Waals surface area contributed by atoms with Crippen LogP contribution in [0.1, 0.15) is 38.1 Å². The van der Waals surface area contributed by atoms with Gasteiger partial charge in [-0.3, -0.25) is 4.79 Å². The first kappa shape index (κ1) is 22.3. The summed E-state index contributed by atoms with van der Waals surface area (Å²) in [5.74, 6) is 0.782. The number of rotatable bonds is 8. The molecule has 29 heavy (non-hydrogen) atoms. The molecule has 0 aliphatic rings. The van der Waals surface area contributed by atoms with E-state index in [2.05, 4.69) is 0 Å². The number of benzene rings is 2. The maximum absolute atomic E-state index is 12.8. The number of hydrogen-bond donors (Lipinski definition) is 0. The van der Waals surface area contributed by atoms with E-state index in [9.17, 15) is 9.59 Å². The van der Waals surface area contributed by atoms with Crippen molar-refractivity contribution in [2.24, 2.45) is 0 Å². The molecular formula is C23H30N2O4. The van der Waals surface area contributed by atoms with Crippen molar-refractivity contribution in [2.45, 2.75) is 27.7 Å². The van der Waals surface area contributed by atoms with Crippen LogP contribution in [-0.2, 0) is 0 Å². The summed E-state index contributed by atoms with van der Waals surface area (Å²) in [5.41, 5.74) is 2.07. The number of nitrogens with zero attached hydrogens (tertiary/aromatic N) is 2. The van der Waals surface area contributed by atoms with Gasteiger partial charge in [-0.25, -0.2) is 4.79 Å². The Kier molecular flexibility index (Phi) is 8.07. The Balaban J connectivity index is 2.49. The zero-order chi connectivity index (χ0) is 21.4. The molecule has 0 spiro atoms. The molecule has 2 rings (SSSR count). The van der Waals surface area contributed by atoms with Crippen LogP contribution in [0.5, 0.6) is 11.5 Å². The predicted octanol–water partition coefficient (Wildman–Crippen LogP) is 4.68. The maximum Gasteiger partial charge on any atom is 0.415 e. The monoisotopic (exact) mass is 398 g/mol. The largest absolute Gasteiger partial charge is 0.493 e. The first-order valence-corrected chi connectivity index (χ1v) is 10.0. The average Bonchev–Trinajstić information content (AvgIpc) is 2.75. The molecule has 0 unspecified atom stereocenters. The Hall–Kier alpha value is -3.02. The normalized spacial score (nSPS) is 10.4. The van der Waals surface area contributed by atoms with Gasteiger partial charge in [0.2, 0.25) is 0 Å². The minimum absolute atomic E-state index is 0.0265. The Bertz CT molecular complexity index is 843. The molecule has 0 aromatic heterocycles. The summed E-state index contributed by atoms with van der Waals surface area (Å²) in [6, 6.07) is 12.8. The Morgan fingerprint density at radius 3 is 2.07 bits per heavy atom. The highest BCUT2D eigenvalue weighted by atomic mass is 16.6. The van der Waals surface area contributed by atoms with E-state index in [4.69, 9.17) is 9.47 Å². The molecule has 6 heteroatoms. The zero-order valence-electron chi connectivity index (χ0n) is 17.9. The molecule has 0 bridgehead atoms. The van der Waals surface area contributed by atoms with E-state index in [0.717, 1.165) is 5.56 Å². The predicted molar refractivity (Wildman–Crippen MR) is 115 cm³/mol. The van der Waals surface area contributed by atoms with Crippen molar-refractivity contribution >= 4 is 12.0 Å². The van der Waals surface area contributed by atoms with Gasteiger partial charge in [-0.2, -0.15) is 0 Å². The van der Waals surface area contributed by atoms with Gasteiger partial charge in [0.1, 0.15) is 0 Å². The minimum atomic E-state index is -0.434. The molecule has 2 aromatic rings. The van der Waals surface area contributed by atoms with Crippen LogP contribution in [0.15, 0.2) is 42.5 Å². The van der Waals surface area contributed by atoms with Gasteiger partial charge in [-0.05, 0) is 51.5 Å². The van der Waals surface area contributed by atoms with Gasteiger partial charge in [0, 0.05) is 37.3 Å². The molecule has 0 heterocycles. The van der Waals surface area contributed by atoms with Crippen LogP contribution in [0.4, 0.5) is 4.79 Å². The van der Waals surface area contributed by atoms with Crippen LogP contribution >= 0.6 is 0 Å². The second-order valence-corrected chi connectivity index (χ2v) is 6.44. The van der Waals surface area contributed by atoms with E-state index in [1.54, 1.807) is 21.9 Å². The molecule has 156 valence electrons. The standard InChI is InChI=1S/C23H30N2O4/c1-6-24(7-2)22(26)18-13-10-12-17(16-18)19-14-11-15-20(28-5)21(19)29-23(27)25(8-3)9-4/h10-16H,6-9H2,1-5H3. The molecule has 0 N–H and O–H groups in total. The van der Waals surface area contributed by atoms with E-state index in [1.165, 1.54) is 7.11 Å². The fraction of sp³-hybridized carbons (Fsp3) is 0.391. The first-order valence-electron chi connectivity index (χ1n) is 10.0. The summed E-state index contributed by atoms with van der Waals surface area (Å²) < 4.78 is 11.2. The highest BCUT2D eigenvalue weighted by molar-refractivity contribution is 5.96. The molecule has 0 fully saturated rings. The van der Waals surface area contributed by atoms with Crippen molar-refractivity contribution in [2.75, 3.05) is 33.3 Å². The number of ether oxygens (including phenoxy) is 2. The van der Waals surface area contributed by atoms with E-state index < -0.39 is 6.09 Å². The van der Waals surface area contributed by atoms with Crippen molar-refractivity contribution in [3.8, 4) is 22.6 Å². The fourth-order valence-electron chi connectivity index (χ4n) is 3.16. The van der Waals surface area contributed by atoms with Crippen molar-refractivity contribution in [1.82, 2.24) is 9.80 Å². The quantitative estimate of drug-likeness (QED) is 0.648. The molecule has 0 saturated heterocycles. The summed E-state index contributed by atoms with van der Waals surface area (Å²) >= 11 is 0. The van der Waals surface area contributed by atoms with Gasteiger partial charge < -0.3 is 19.3 Å². The summed E-state index contributed by atoms with van der Waals surface area (Å²) in [5, 5.41) is 0. The topological polar surface area (TPSA) is 59.1 Å². The van der Waals surface area contributed by atoms with Crippen LogP contribution in [0.3, 0.4) is 0 Å². The first-order chi connectivity index (χ1) is 14.0. The van der Waals surface area contributed by atoms with Gasteiger partial charge in [0.25, 0.3) is 5.91 Å². The van der Waals surface area contributed by atoms with Gasteiger partial charge in [0.15, 0.2) is 11.5 Å². The Labute approximate surface area is 173 Å². The molecule has 0 radical (unpaired) electrons. The van der Waals surface area contributed by atoms with Gasteiger partial charge in [-0.15, -0.1) is 0 Å². The Morgan fingerprint density at radius 1 is 0.862 bits per heavy atom. The lowest BCUT2D eigenvalue weighted by atomic mass is 10.0. The lowest BCUT2D eigenvalue weighted by Gasteiger charge is -2.21. The Morgan fingerprint density at radius 2 is 1.48 bits per heavy atom. The summed E-state index contributed by atoms with van der Waals surface area (Å²) in [6.45, 7) is 10.1. The summed E-state index contributed by atoms with van der Waals surface area (Å²) in [4.78, 5) is 28.7. The van der Waals surface area contributed by atoms with Crippen LogP contribution in [0, 0.1) is 0 Å². The maximum atomic E-state index is 12.8. The number of methoxy groups -OCH3 is 1. The molecule has 0 aliphatic heterocycles. The molecule has 6 nitrogen and oxygen atoms in total. The van der Waals surface area contributed by atoms with Crippen LogP contribution in [-0.4, -0.2) is 55.1 Å². The lowest BCUT2D eigenvalue weighted by Crippen LogP contribution is -2.33. The number of para-hydroxylation sites is 1. The van der Waals surface area contributed by atoms with Crippen molar-refractivity contribution in [1.29, 1.82) is 0 Å². The zero-order valence-corrected chi connectivity index (χ0v) is 17.9. The van der Waals surface area contributed by atoms with E-state index >= 15 is 0 Å². The molecule has 0 atom stereocenters. The second kappa shape index (κ2) is 10.5. The van der Waals surface area contributed by atoms with Crippen LogP contribution in [0.2, 0.25) is 0 Å².